The van der Waals surface area contributed by atoms with Gasteiger partial charge >= 0.3 is 192 Å². The van der Waals surface area contributed by atoms with Crippen LogP contribution in [0.15, 0.2) is 114 Å². The number of nitrogens with one attached hydrogen (secondary N) is 2. The van der Waals surface area contributed by atoms with Gasteiger partial charge in [0.25, 0.3) is 40.5 Å². The van der Waals surface area contributed by atoms with Gasteiger partial charge in [0.15, 0.2) is 0 Å². The Kier molecular flexibility index (Phi) is 30.2. The molecule has 0 aromatic heterocycles. The number of ketones is 2. The van der Waals surface area contributed by atoms with E-state index in [1.165, 1.54) is 24.3 Å². The molecule has 0 fully saturated rings. The van der Waals surface area contributed by atoms with Crippen molar-refractivity contribution in [2.24, 2.45) is 10.2 Å². The molecule has 0 atom stereocenters. The maximum Gasteiger partial charge on any atom is 1.00 e. The number of phenolic OH excluding ortho intramolecular Hbond substituents is 2. The number of nitrogen functional groups attached to an aromatic ring is 2. The molecule has 4 aromatic rings. The van der Waals surface area contributed by atoms with Crippen molar-refractivity contribution in [2.75, 3.05) is 22.3 Å². The van der Waals surface area contributed by atoms with Crippen LogP contribution in [0.5, 0.6) is 11.5 Å². The average molecular weight is 1170 g/mol. The van der Waals surface area contributed by atoms with Gasteiger partial charge in [-0.1, -0.05) is 12.1 Å². The zero-order valence-electron chi connectivity index (χ0n) is 39.4. The molecule has 4 aromatic carbocycles. The number of anilines is 4. The van der Waals surface area contributed by atoms with E-state index in [2.05, 4.69) is 21.1 Å². The minimum absolute atomic E-state index is 0. The Morgan fingerprint density at radius 3 is 1.06 bits per heavy atom. The van der Waals surface area contributed by atoms with Crippen molar-refractivity contribution < 1.29 is 288 Å². The minimum Gasteiger partial charge on any atom is -0.507 e. The average Bonchev–Trinajstić information content (AvgIpc) is 3.16. The molecule has 14 N–H and O–H groups in total. The molecule has 0 saturated heterocycles. The number of benzene rings is 4. The largest absolute Gasteiger partial charge is 1.00 e. The fourth-order valence-electron chi connectivity index (χ4n) is 5.59. The Hall–Kier alpha value is -1.09. The van der Waals surface area contributed by atoms with Gasteiger partial charge in [-0.05, 0) is 59.3 Å². The number of allylic oxidation sites excluding steroid dienone is 4. The van der Waals surface area contributed by atoms with Crippen LogP contribution in [0, 0.1) is 0 Å². The Labute approximate surface area is 547 Å². The molecular formula is C34H28N6Na6NiO20S4+8. The molecule has 2 aliphatic rings. The number of carboxylic acid groups (broad SMARTS) is 2. The number of carbonyl (C=O) groups is 4. The maximum absolute atomic E-state index is 12.3. The topological polar surface area (TPSA) is 468 Å². The van der Waals surface area contributed by atoms with Gasteiger partial charge in [0, 0.05) is 28.6 Å². The van der Waals surface area contributed by atoms with Crippen LogP contribution in [0.4, 0.5) is 22.7 Å². The number of hydrogen-bond acceptors (Lipinski definition) is 20. The number of hydrazone groups is 2. The van der Waals surface area contributed by atoms with Gasteiger partial charge in [-0.25, -0.2) is 9.59 Å². The van der Waals surface area contributed by atoms with Gasteiger partial charge in [0.1, 0.15) is 34.1 Å². The number of fused-ring (bicyclic) bond motifs is 2. The Balaban J connectivity index is -0.000000376. The van der Waals surface area contributed by atoms with Crippen molar-refractivity contribution in [3.05, 3.63) is 93.8 Å². The van der Waals surface area contributed by atoms with Crippen LogP contribution in [0.2, 0.25) is 0 Å². The summed E-state index contributed by atoms with van der Waals surface area (Å²) in [5.41, 5.74) is 12.5. The van der Waals surface area contributed by atoms with Gasteiger partial charge in [0.2, 0.25) is 11.6 Å². The van der Waals surface area contributed by atoms with E-state index in [-0.39, 0.29) is 241 Å². The number of carbonyl (C=O) groups excluding carboxylic acids is 2. The van der Waals surface area contributed by atoms with Crippen LogP contribution < -0.4 is 200 Å². The van der Waals surface area contributed by atoms with Gasteiger partial charge < -0.3 is 31.9 Å². The molecule has 0 amide bonds. The normalized spacial score (nSPS) is 14.5. The van der Waals surface area contributed by atoms with Gasteiger partial charge in [-0.3, -0.25) is 38.7 Å². The number of rotatable bonds is 10. The summed E-state index contributed by atoms with van der Waals surface area (Å²) in [6, 6.07) is 8.73. The number of hydrogen-bond donors (Lipinski definition) is 12. The third-order valence-electron chi connectivity index (χ3n) is 8.52. The van der Waals surface area contributed by atoms with Crippen LogP contribution in [-0.4, -0.2) is 107 Å². The van der Waals surface area contributed by atoms with Gasteiger partial charge in [0.05, 0.1) is 53.1 Å². The number of nitrogens with zero attached hydrogens (tertiary/aromatic N) is 2. The zero-order chi connectivity index (χ0) is 48.0. The molecule has 0 spiro atoms. The SMILES string of the molecule is Nc1ccc2cc(S(=O)(=O)O)cc(O)c2c1N/N=C1/C=C(S(=O)(=O)O)C=C(C(=O)O)C1=O.Nc1ccc2cc(S(=O)(=O)O)cc(O)c2c1N/N=C1/C=C(S(=O)(=O)O)C=C(C(=O)O)C1=O.[H+].[H+].[Na+].[Na+].[Na+].[Na+].[Na+].[Na+].[Ni]. The quantitative estimate of drug-likeness (QED) is 0.0175. The molecule has 6 rings (SSSR count). The monoisotopic (exact) mass is 1160 g/mol. The Bertz CT molecular complexity index is 3290. The molecule has 0 heterocycles. The first-order valence-corrected chi connectivity index (χ1v) is 22.3. The molecule has 0 saturated carbocycles. The summed E-state index contributed by atoms with van der Waals surface area (Å²) in [4.78, 5) is 44.1. The number of phenols is 2. The van der Waals surface area contributed by atoms with Crippen molar-refractivity contribution >= 4 is 120 Å². The second kappa shape index (κ2) is 28.9. The van der Waals surface area contributed by atoms with Crippen molar-refractivity contribution in [3.63, 3.8) is 0 Å². The number of nitrogens with two attached hydrogens (primary N) is 2. The Morgan fingerprint density at radius 1 is 0.507 bits per heavy atom. The third kappa shape index (κ3) is 18.0. The molecule has 0 radical (unpaired) electrons. The van der Waals surface area contributed by atoms with E-state index in [0.29, 0.717) is 24.3 Å². The second-order valence-corrected chi connectivity index (χ2v) is 18.4. The first kappa shape index (κ1) is 74.2. The summed E-state index contributed by atoms with van der Waals surface area (Å²) in [5, 5.41) is 46.1. The van der Waals surface area contributed by atoms with E-state index in [0.717, 1.165) is 24.3 Å². The van der Waals surface area contributed by atoms with Crippen molar-refractivity contribution in [2.45, 2.75) is 9.79 Å². The van der Waals surface area contributed by atoms with Crippen molar-refractivity contribution in [3.8, 4) is 11.5 Å². The Morgan fingerprint density at radius 2 is 0.803 bits per heavy atom. The third-order valence-corrected chi connectivity index (χ3v) is 11.8. The van der Waals surface area contributed by atoms with Crippen LogP contribution in [-0.2, 0) is 76.1 Å². The standard InChI is InChI=1S/2C17H13N3O10S2.6Na.Ni/c2*18-11-2-1-7-3-8(31(25,26)27)6-13(21)14(7)15(11)20-19-12-5-9(32(28,29)30)4-10(16(12)22)17(23)24;;;;;;;/h2*1-6,20-21H,18H2,(H,23,24)(H,25,26,27)(H,28,29,30);;;;;;;/q;;6*+1;/p+2/b2*19-12-;;;;;;;. The molecule has 346 valence electrons. The fourth-order valence-corrected chi connectivity index (χ4v) is 7.72. The van der Waals surface area contributed by atoms with E-state index in [1.807, 2.05) is 0 Å². The van der Waals surface area contributed by atoms with Crippen LogP contribution in [0.3, 0.4) is 0 Å². The van der Waals surface area contributed by atoms with Gasteiger partial charge in [-0.2, -0.15) is 43.9 Å². The van der Waals surface area contributed by atoms with Gasteiger partial charge in [-0.15, -0.1) is 0 Å². The summed E-state index contributed by atoms with van der Waals surface area (Å²) in [7, 11) is -19.1. The predicted molar refractivity (Wildman–Crippen MR) is 225 cm³/mol. The van der Waals surface area contributed by atoms with E-state index >= 15 is 0 Å². The number of Topliss-reactive ketones (excluding diaryl/α,β-unsaturated/α-hetero) is 2. The molecule has 26 nitrogen and oxygen atoms in total. The summed E-state index contributed by atoms with van der Waals surface area (Å²) < 4.78 is 128. The smallest absolute Gasteiger partial charge is 0.507 e. The van der Waals surface area contributed by atoms with Crippen LogP contribution in [0.25, 0.3) is 21.5 Å². The second-order valence-electron chi connectivity index (χ2n) is 12.7. The van der Waals surface area contributed by atoms with Crippen LogP contribution >= 0.6 is 0 Å². The first-order valence-electron chi connectivity index (χ1n) is 16.5. The number of aliphatic carboxylic acids is 2. The molecular weight excluding hydrogens is 1140 g/mol. The predicted octanol–water partition coefficient (Wildman–Crippen LogP) is -16.7. The maximum atomic E-state index is 12.3. The first-order chi connectivity index (χ1) is 29.4. The van der Waals surface area contributed by atoms with Crippen LogP contribution in [0.1, 0.15) is 2.85 Å². The van der Waals surface area contributed by atoms with Crippen molar-refractivity contribution in [1.82, 2.24) is 0 Å². The molecule has 71 heavy (non-hydrogen) atoms. The van der Waals surface area contributed by atoms with E-state index in [4.69, 9.17) is 21.7 Å². The summed E-state index contributed by atoms with van der Waals surface area (Å²) >= 11 is 0. The molecule has 0 aliphatic heterocycles. The molecule has 37 heteroatoms. The molecule has 0 unspecified atom stereocenters. The minimum atomic E-state index is -4.88. The van der Waals surface area contributed by atoms with E-state index in [9.17, 15) is 81.3 Å². The molecule has 0 bridgehead atoms. The van der Waals surface area contributed by atoms with E-state index < -0.39 is 118 Å². The van der Waals surface area contributed by atoms with Crippen molar-refractivity contribution in [1.29, 1.82) is 0 Å². The summed E-state index contributed by atoms with van der Waals surface area (Å²) in [5.74, 6) is -7.18. The number of carboxylic acids is 2. The van der Waals surface area contributed by atoms with E-state index in [1.54, 1.807) is 0 Å². The fraction of sp³-hybridized carbons (Fsp3) is 0. The zero-order valence-corrected chi connectivity index (χ0v) is 53.7. The summed E-state index contributed by atoms with van der Waals surface area (Å²) in [6.07, 6.45) is 2.17. The number of aromatic hydroxyl groups is 2. The molecule has 2 aliphatic carbocycles. The summed E-state index contributed by atoms with van der Waals surface area (Å²) in [6.45, 7) is 0.